The van der Waals surface area contributed by atoms with E-state index >= 15 is 0 Å². The standard InChI is InChI=1S/C9H17NO/c1-2-3-4-5-8-6-7-9(11)10-8/h8H,2-7H2,1H3,(H,10,11). The minimum Gasteiger partial charge on any atom is -0.353 e. The number of rotatable bonds is 4. The molecule has 64 valence electrons. The van der Waals surface area contributed by atoms with Crippen molar-refractivity contribution in [3.63, 3.8) is 0 Å². The molecule has 11 heavy (non-hydrogen) atoms. The van der Waals surface area contributed by atoms with Crippen molar-refractivity contribution in [2.24, 2.45) is 0 Å². The first kappa shape index (κ1) is 8.57. The molecule has 0 radical (unpaired) electrons. The molecule has 0 saturated carbocycles. The fourth-order valence-corrected chi connectivity index (χ4v) is 1.53. The van der Waals surface area contributed by atoms with Gasteiger partial charge >= 0.3 is 0 Å². The van der Waals surface area contributed by atoms with E-state index in [1.165, 1.54) is 25.7 Å². The molecular formula is C9H17NO. The smallest absolute Gasteiger partial charge is 0.220 e. The average molecular weight is 155 g/mol. The Hall–Kier alpha value is -0.530. The summed E-state index contributed by atoms with van der Waals surface area (Å²) in [6.45, 7) is 2.20. The van der Waals surface area contributed by atoms with Gasteiger partial charge in [0.05, 0.1) is 0 Å². The zero-order valence-electron chi connectivity index (χ0n) is 7.23. The van der Waals surface area contributed by atoms with Gasteiger partial charge in [-0.15, -0.1) is 0 Å². The Kier molecular flexibility index (Phi) is 3.40. The highest BCUT2D eigenvalue weighted by Gasteiger charge is 2.19. The van der Waals surface area contributed by atoms with E-state index in [1.807, 2.05) is 0 Å². The molecule has 0 aliphatic carbocycles. The van der Waals surface area contributed by atoms with E-state index in [1.54, 1.807) is 0 Å². The summed E-state index contributed by atoms with van der Waals surface area (Å²) in [5.74, 6) is 0.242. The molecule has 0 aromatic carbocycles. The summed E-state index contributed by atoms with van der Waals surface area (Å²) < 4.78 is 0. The van der Waals surface area contributed by atoms with Crippen molar-refractivity contribution in [2.75, 3.05) is 0 Å². The summed E-state index contributed by atoms with van der Waals surface area (Å²) in [4.78, 5) is 10.8. The zero-order valence-corrected chi connectivity index (χ0v) is 7.23. The molecule has 1 heterocycles. The monoisotopic (exact) mass is 155 g/mol. The van der Waals surface area contributed by atoms with Crippen molar-refractivity contribution in [3.05, 3.63) is 0 Å². The summed E-state index contributed by atoms with van der Waals surface area (Å²) in [7, 11) is 0. The summed E-state index contributed by atoms with van der Waals surface area (Å²) in [5.41, 5.74) is 0. The molecule has 1 unspecified atom stereocenters. The van der Waals surface area contributed by atoms with E-state index in [0.717, 1.165) is 12.8 Å². The largest absolute Gasteiger partial charge is 0.353 e. The van der Waals surface area contributed by atoms with Gasteiger partial charge in [-0.05, 0) is 12.8 Å². The minimum atomic E-state index is 0.242. The topological polar surface area (TPSA) is 29.1 Å². The van der Waals surface area contributed by atoms with E-state index in [0.29, 0.717) is 6.04 Å². The summed E-state index contributed by atoms with van der Waals surface area (Å²) in [6.07, 6.45) is 6.81. The van der Waals surface area contributed by atoms with Gasteiger partial charge in [0.1, 0.15) is 0 Å². The lowest BCUT2D eigenvalue weighted by atomic mass is 10.1. The molecule has 2 heteroatoms. The molecule has 1 N–H and O–H groups in total. The third kappa shape index (κ3) is 2.91. The second-order valence-electron chi connectivity index (χ2n) is 3.30. The van der Waals surface area contributed by atoms with Crippen LogP contribution in [-0.4, -0.2) is 11.9 Å². The number of nitrogens with one attached hydrogen (secondary N) is 1. The maximum absolute atomic E-state index is 10.8. The van der Waals surface area contributed by atoms with Crippen LogP contribution in [0.2, 0.25) is 0 Å². The van der Waals surface area contributed by atoms with Crippen LogP contribution in [0.4, 0.5) is 0 Å². The Labute approximate surface area is 68.4 Å². The number of amides is 1. The maximum atomic E-state index is 10.8. The first-order valence-electron chi connectivity index (χ1n) is 4.62. The highest BCUT2D eigenvalue weighted by Crippen LogP contribution is 2.13. The van der Waals surface area contributed by atoms with Crippen molar-refractivity contribution in [1.82, 2.24) is 5.32 Å². The molecule has 0 aromatic heterocycles. The van der Waals surface area contributed by atoms with Gasteiger partial charge in [0.15, 0.2) is 0 Å². The van der Waals surface area contributed by atoms with Gasteiger partial charge in [-0.1, -0.05) is 26.2 Å². The molecule has 2 nitrogen and oxygen atoms in total. The third-order valence-electron chi connectivity index (χ3n) is 2.24. The SMILES string of the molecule is CCCCCC1CCC(=O)N1. The number of carbonyl (C=O) groups is 1. The van der Waals surface area contributed by atoms with Gasteiger partial charge in [0.2, 0.25) is 5.91 Å². The molecular weight excluding hydrogens is 138 g/mol. The minimum absolute atomic E-state index is 0.242. The molecule has 0 bridgehead atoms. The molecule has 1 aliphatic rings. The summed E-state index contributed by atoms with van der Waals surface area (Å²) in [5, 5.41) is 2.97. The van der Waals surface area contributed by atoms with E-state index < -0.39 is 0 Å². The summed E-state index contributed by atoms with van der Waals surface area (Å²) in [6, 6.07) is 0.494. The number of unbranched alkanes of at least 4 members (excludes halogenated alkanes) is 2. The first-order chi connectivity index (χ1) is 5.33. The summed E-state index contributed by atoms with van der Waals surface area (Å²) >= 11 is 0. The maximum Gasteiger partial charge on any atom is 0.220 e. The van der Waals surface area contributed by atoms with Crippen molar-refractivity contribution in [1.29, 1.82) is 0 Å². The quantitative estimate of drug-likeness (QED) is 0.617. The fraction of sp³-hybridized carbons (Fsp3) is 0.889. The first-order valence-corrected chi connectivity index (χ1v) is 4.62. The Balaban J connectivity index is 2.04. The Morgan fingerprint density at radius 2 is 2.36 bits per heavy atom. The number of carbonyl (C=O) groups excluding carboxylic acids is 1. The van der Waals surface area contributed by atoms with E-state index in [4.69, 9.17) is 0 Å². The molecule has 0 spiro atoms. The van der Waals surface area contributed by atoms with Crippen LogP contribution in [0.1, 0.15) is 45.4 Å². The molecule has 1 rings (SSSR count). The van der Waals surface area contributed by atoms with Crippen molar-refractivity contribution < 1.29 is 4.79 Å². The van der Waals surface area contributed by atoms with Gasteiger partial charge in [-0.25, -0.2) is 0 Å². The second kappa shape index (κ2) is 4.37. The van der Waals surface area contributed by atoms with Gasteiger partial charge in [-0.3, -0.25) is 4.79 Å². The van der Waals surface area contributed by atoms with Crippen LogP contribution in [0.25, 0.3) is 0 Å². The number of hydrogen-bond donors (Lipinski definition) is 1. The van der Waals surface area contributed by atoms with Crippen LogP contribution < -0.4 is 5.32 Å². The van der Waals surface area contributed by atoms with E-state index in [-0.39, 0.29) is 5.91 Å². The number of hydrogen-bond acceptors (Lipinski definition) is 1. The zero-order chi connectivity index (χ0) is 8.10. The van der Waals surface area contributed by atoms with Crippen molar-refractivity contribution >= 4 is 5.91 Å². The Morgan fingerprint density at radius 1 is 1.55 bits per heavy atom. The highest BCUT2D eigenvalue weighted by molar-refractivity contribution is 5.78. The van der Waals surface area contributed by atoms with Crippen LogP contribution in [0.15, 0.2) is 0 Å². The molecule has 1 saturated heterocycles. The van der Waals surface area contributed by atoms with Crippen LogP contribution >= 0.6 is 0 Å². The van der Waals surface area contributed by atoms with Crippen LogP contribution in [0.3, 0.4) is 0 Å². The fourth-order valence-electron chi connectivity index (χ4n) is 1.53. The molecule has 1 amide bonds. The predicted octanol–water partition coefficient (Wildman–Crippen LogP) is 1.85. The van der Waals surface area contributed by atoms with Gasteiger partial charge < -0.3 is 5.32 Å². The Morgan fingerprint density at radius 3 is 2.91 bits per heavy atom. The molecule has 1 fully saturated rings. The molecule has 1 atom stereocenters. The lowest BCUT2D eigenvalue weighted by molar-refractivity contribution is -0.119. The average Bonchev–Trinajstić information content (AvgIpc) is 2.37. The highest BCUT2D eigenvalue weighted by atomic mass is 16.1. The van der Waals surface area contributed by atoms with Gasteiger partial charge in [-0.2, -0.15) is 0 Å². The second-order valence-corrected chi connectivity index (χ2v) is 3.30. The Bertz CT molecular complexity index is 134. The van der Waals surface area contributed by atoms with E-state index in [9.17, 15) is 4.79 Å². The predicted molar refractivity (Wildman–Crippen MR) is 45.3 cm³/mol. The van der Waals surface area contributed by atoms with Crippen LogP contribution in [0, 0.1) is 0 Å². The normalized spacial score (nSPS) is 23.7. The van der Waals surface area contributed by atoms with Gasteiger partial charge in [0.25, 0.3) is 0 Å². The van der Waals surface area contributed by atoms with Crippen molar-refractivity contribution in [2.45, 2.75) is 51.5 Å². The van der Waals surface area contributed by atoms with Crippen LogP contribution in [-0.2, 0) is 4.79 Å². The lowest BCUT2D eigenvalue weighted by Gasteiger charge is -2.07. The third-order valence-corrected chi connectivity index (χ3v) is 2.24. The van der Waals surface area contributed by atoms with E-state index in [2.05, 4.69) is 12.2 Å². The lowest BCUT2D eigenvalue weighted by Crippen LogP contribution is -2.24. The van der Waals surface area contributed by atoms with Crippen molar-refractivity contribution in [3.8, 4) is 0 Å². The molecule has 1 aliphatic heterocycles. The van der Waals surface area contributed by atoms with Gasteiger partial charge in [0, 0.05) is 12.5 Å². The van der Waals surface area contributed by atoms with Crippen LogP contribution in [0.5, 0.6) is 0 Å². The molecule has 0 aromatic rings.